The van der Waals surface area contributed by atoms with Crippen molar-refractivity contribution in [3.63, 3.8) is 0 Å². The average molecular weight is 294 g/mol. The Morgan fingerprint density at radius 1 is 0.947 bits per heavy atom. The van der Waals surface area contributed by atoms with E-state index in [1.165, 1.54) is 0 Å². The molecule has 2 saturated heterocycles. The molecule has 2 aliphatic rings. The Bertz CT molecular complexity index is 412. The highest BCUT2D eigenvalue weighted by molar-refractivity contribution is 7.92. The summed E-state index contributed by atoms with van der Waals surface area (Å²) in [4.78, 5) is 22.4. The molecule has 0 amide bonds. The van der Waals surface area contributed by atoms with Crippen LogP contribution in [0.25, 0.3) is 0 Å². The lowest BCUT2D eigenvalue weighted by Crippen LogP contribution is -2.27. The molecule has 0 bridgehead atoms. The number of esters is 2. The molecular formula is C10H14O8S. The number of ether oxygens (including phenoxy) is 4. The quantitative estimate of drug-likeness (QED) is 0.384. The van der Waals surface area contributed by atoms with Crippen LogP contribution in [0, 0.1) is 0 Å². The van der Waals surface area contributed by atoms with Crippen molar-refractivity contribution < 1.29 is 37.0 Å². The lowest BCUT2D eigenvalue weighted by molar-refractivity contribution is -0.141. The first-order valence-corrected chi connectivity index (χ1v) is 7.51. The number of carbonyl (C=O) groups is 2. The molecular weight excluding hydrogens is 280 g/mol. The molecule has 0 aromatic heterocycles. The molecule has 0 saturated carbocycles. The van der Waals surface area contributed by atoms with Crippen LogP contribution in [0.15, 0.2) is 0 Å². The topological polar surface area (TPSA) is 112 Å². The van der Waals surface area contributed by atoms with Gasteiger partial charge < -0.3 is 18.9 Å². The third-order valence-electron chi connectivity index (χ3n) is 2.34. The van der Waals surface area contributed by atoms with Crippen molar-refractivity contribution in [3.8, 4) is 0 Å². The van der Waals surface area contributed by atoms with Crippen molar-refractivity contribution in [1.29, 1.82) is 0 Å². The Balaban J connectivity index is 1.66. The van der Waals surface area contributed by atoms with Crippen LogP contribution in [-0.2, 0) is 38.4 Å². The first-order valence-electron chi connectivity index (χ1n) is 5.69. The predicted octanol–water partition coefficient (Wildman–Crippen LogP) is -1.71. The summed E-state index contributed by atoms with van der Waals surface area (Å²) in [7, 11) is -3.87. The Morgan fingerprint density at radius 2 is 1.32 bits per heavy atom. The maximum Gasteiger partial charge on any atom is 0.321 e. The molecule has 2 heterocycles. The normalized spacial score (nSPS) is 24.6. The lowest BCUT2D eigenvalue weighted by Gasteiger charge is -2.05. The summed E-state index contributed by atoms with van der Waals surface area (Å²) in [5.74, 6) is -3.47. The summed E-state index contributed by atoms with van der Waals surface area (Å²) in [5, 5.41) is 0. The third kappa shape index (κ3) is 5.99. The van der Waals surface area contributed by atoms with Gasteiger partial charge in [-0.05, 0) is 0 Å². The largest absolute Gasteiger partial charge is 0.462 e. The number of epoxide rings is 2. The molecule has 2 atom stereocenters. The Kier molecular flexibility index (Phi) is 4.38. The van der Waals surface area contributed by atoms with Gasteiger partial charge in [0.15, 0.2) is 9.84 Å². The van der Waals surface area contributed by atoms with E-state index in [-0.39, 0.29) is 25.4 Å². The highest BCUT2D eigenvalue weighted by Crippen LogP contribution is 2.10. The van der Waals surface area contributed by atoms with Crippen LogP contribution < -0.4 is 0 Å². The van der Waals surface area contributed by atoms with Crippen LogP contribution in [0.2, 0.25) is 0 Å². The second-order valence-electron chi connectivity index (χ2n) is 4.31. The Labute approximate surface area is 109 Å². The zero-order chi connectivity index (χ0) is 13.9. The fourth-order valence-corrected chi connectivity index (χ4v) is 2.18. The minimum Gasteiger partial charge on any atom is -0.462 e. The van der Waals surface area contributed by atoms with Crippen molar-refractivity contribution >= 4 is 21.8 Å². The van der Waals surface area contributed by atoms with E-state index >= 15 is 0 Å². The van der Waals surface area contributed by atoms with Gasteiger partial charge in [-0.1, -0.05) is 0 Å². The van der Waals surface area contributed by atoms with Gasteiger partial charge in [0.1, 0.15) is 36.9 Å². The molecule has 0 aliphatic carbocycles. The molecule has 0 N–H and O–H groups in total. The first-order chi connectivity index (χ1) is 8.94. The van der Waals surface area contributed by atoms with Crippen LogP contribution in [0.4, 0.5) is 0 Å². The molecule has 0 aromatic carbocycles. The molecule has 2 rings (SSSR count). The molecule has 0 radical (unpaired) electrons. The second-order valence-corrected chi connectivity index (χ2v) is 6.37. The van der Waals surface area contributed by atoms with E-state index in [0.29, 0.717) is 13.2 Å². The molecule has 19 heavy (non-hydrogen) atoms. The monoisotopic (exact) mass is 294 g/mol. The van der Waals surface area contributed by atoms with E-state index in [2.05, 4.69) is 9.47 Å². The van der Waals surface area contributed by atoms with Gasteiger partial charge in [-0.3, -0.25) is 9.59 Å². The highest BCUT2D eigenvalue weighted by atomic mass is 32.2. The highest BCUT2D eigenvalue weighted by Gasteiger charge is 2.28. The number of sulfone groups is 1. The van der Waals surface area contributed by atoms with Crippen molar-refractivity contribution in [3.05, 3.63) is 0 Å². The fourth-order valence-electron chi connectivity index (χ4n) is 1.19. The van der Waals surface area contributed by atoms with E-state index < -0.39 is 33.3 Å². The van der Waals surface area contributed by atoms with Gasteiger partial charge in [0.25, 0.3) is 0 Å². The van der Waals surface area contributed by atoms with Crippen molar-refractivity contribution in [1.82, 2.24) is 0 Å². The van der Waals surface area contributed by atoms with Gasteiger partial charge in [0.2, 0.25) is 0 Å². The van der Waals surface area contributed by atoms with Crippen LogP contribution in [0.1, 0.15) is 0 Å². The van der Waals surface area contributed by atoms with Crippen LogP contribution in [-0.4, -0.2) is 70.5 Å². The molecule has 2 unspecified atom stereocenters. The van der Waals surface area contributed by atoms with Gasteiger partial charge in [-0.2, -0.15) is 0 Å². The number of hydrogen-bond donors (Lipinski definition) is 0. The van der Waals surface area contributed by atoms with Gasteiger partial charge in [-0.25, -0.2) is 8.42 Å². The molecule has 0 aromatic rings. The zero-order valence-electron chi connectivity index (χ0n) is 10.1. The first kappa shape index (κ1) is 14.2. The molecule has 0 spiro atoms. The van der Waals surface area contributed by atoms with Crippen molar-refractivity contribution in [2.24, 2.45) is 0 Å². The van der Waals surface area contributed by atoms with Crippen LogP contribution in [0.3, 0.4) is 0 Å². The van der Waals surface area contributed by atoms with E-state index in [4.69, 9.17) is 9.47 Å². The molecule has 8 nitrogen and oxygen atoms in total. The van der Waals surface area contributed by atoms with E-state index in [0.717, 1.165) is 0 Å². The average Bonchev–Trinajstić information content (AvgIpc) is 3.15. The second kappa shape index (κ2) is 5.85. The summed E-state index contributed by atoms with van der Waals surface area (Å²) >= 11 is 0. The fraction of sp³-hybridized carbons (Fsp3) is 0.800. The minimum absolute atomic E-state index is 0.0395. The van der Waals surface area contributed by atoms with Crippen molar-refractivity contribution in [2.45, 2.75) is 12.2 Å². The van der Waals surface area contributed by atoms with Crippen LogP contribution >= 0.6 is 0 Å². The van der Waals surface area contributed by atoms with Gasteiger partial charge >= 0.3 is 11.9 Å². The third-order valence-corrected chi connectivity index (χ3v) is 3.69. The molecule has 9 heteroatoms. The van der Waals surface area contributed by atoms with Crippen LogP contribution in [0.5, 0.6) is 0 Å². The minimum atomic E-state index is -3.87. The lowest BCUT2D eigenvalue weighted by atomic mass is 10.5. The SMILES string of the molecule is O=C(CS(=O)(=O)CC(=O)OCC1CO1)OCC1CO1. The summed E-state index contributed by atoms with van der Waals surface area (Å²) in [5.41, 5.74) is 0. The van der Waals surface area contributed by atoms with Gasteiger partial charge in [0, 0.05) is 0 Å². The summed E-state index contributed by atoms with van der Waals surface area (Å²) in [6, 6.07) is 0. The summed E-state index contributed by atoms with van der Waals surface area (Å²) in [6.45, 7) is 1.10. The number of carbonyl (C=O) groups excluding carboxylic acids is 2. The maximum absolute atomic E-state index is 11.5. The van der Waals surface area contributed by atoms with E-state index in [1.807, 2.05) is 0 Å². The summed E-state index contributed by atoms with van der Waals surface area (Å²) < 4.78 is 42.0. The number of rotatable bonds is 8. The molecule has 108 valence electrons. The number of hydrogen-bond acceptors (Lipinski definition) is 8. The molecule has 2 fully saturated rings. The smallest absolute Gasteiger partial charge is 0.321 e. The van der Waals surface area contributed by atoms with Gasteiger partial charge in [0.05, 0.1) is 13.2 Å². The van der Waals surface area contributed by atoms with E-state index in [1.54, 1.807) is 0 Å². The standard InChI is InChI=1S/C10H14O8S/c11-9(17-3-7-1-15-7)5-19(13,14)6-10(12)18-4-8-2-16-8/h7-8H,1-6H2. The van der Waals surface area contributed by atoms with Crippen molar-refractivity contribution in [2.75, 3.05) is 37.9 Å². The zero-order valence-corrected chi connectivity index (χ0v) is 10.9. The van der Waals surface area contributed by atoms with Gasteiger partial charge in [-0.15, -0.1) is 0 Å². The van der Waals surface area contributed by atoms with E-state index in [9.17, 15) is 18.0 Å². The molecule has 2 aliphatic heterocycles. The summed E-state index contributed by atoms with van der Waals surface area (Å²) in [6.07, 6.45) is -0.259. The Hall–Kier alpha value is -1.19. The maximum atomic E-state index is 11.5. The predicted molar refractivity (Wildman–Crippen MR) is 60.1 cm³/mol. The Morgan fingerprint density at radius 3 is 1.63 bits per heavy atom.